The maximum atomic E-state index is 13.2. The molecule has 94 valence electrons. The lowest BCUT2D eigenvalue weighted by molar-refractivity contribution is 0.506. The Balaban J connectivity index is 2.34. The molecule has 1 nitrogen and oxygen atoms in total. The molecule has 0 aliphatic rings. The molecule has 2 aromatic carbocycles. The molecular weight excluding hydrogens is 327 g/mol. The van der Waals surface area contributed by atoms with Crippen molar-refractivity contribution in [2.45, 2.75) is 9.79 Å². The Hall–Kier alpha value is -1.14. The van der Waals surface area contributed by atoms with Crippen LogP contribution in [0.1, 0.15) is 0 Å². The number of hydrogen-bond acceptors (Lipinski definition) is 2. The molecule has 0 unspecified atom stereocenters. The fraction of sp³-hybridized carbons (Fsp3) is 0. The van der Waals surface area contributed by atoms with Crippen molar-refractivity contribution in [3.05, 3.63) is 52.3 Å². The molecule has 0 aromatic heterocycles. The van der Waals surface area contributed by atoms with Crippen molar-refractivity contribution in [1.29, 1.82) is 0 Å². The number of halogens is 4. The normalized spacial score (nSPS) is 10.7. The van der Waals surface area contributed by atoms with Crippen LogP contribution in [0.3, 0.4) is 0 Å². The van der Waals surface area contributed by atoms with E-state index < -0.39 is 17.5 Å². The summed E-state index contributed by atoms with van der Waals surface area (Å²) in [6, 6.07) is 6.20. The third kappa shape index (κ3) is 2.81. The van der Waals surface area contributed by atoms with Crippen LogP contribution in [-0.4, -0.2) is 0 Å². The molecule has 0 radical (unpaired) electrons. The molecule has 0 bridgehead atoms. The highest BCUT2D eigenvalue weighted by Crippen LogP contribution is 2.35. The molecule has 2 N–H and O–H groups in total. The molecular formula is C12H7BrF3NS. The van der Waals surface area contributed by atoms with Gasteiger partial charge in [-0.25, -0.2) is 13.2 Å². The van der Waals surface area contributed by atoms with E-state index in [0.717, 1.165) is 23.9 Å². The summed E-state index contributed by atoms with van der Waals surface area (Å²) in [6.07, 6.45) is 0. The van der Waals surface area contributed by atoms with E-state index in [9.17, 15) is 13.2 Å². The standard InChI is InChI=1S/C12H7BrF3NS/c13-7-4-12(11(17)5-9(7)15)18-6-1-2-8(14)10(16)3-6/h1-5H,17H2. The SMILES string of the molecule is Nc1cc(F)c(Br)cc1Sc1ccc(F)c(F)c1. The van der Waals surface area contributed by atoms with E-state index >= 15 is 0 Å². The summed E-state index contributed by atoms with van der Waals surface area (Å²) >= 11 is 4.17. The summed E-state index contributed by atoms with van der Waals surface area (Å²) < 4.78 is 39.2. The molecule has 2 rings (SSSR count). The van der Waals surface area contributed by atoms with E-state index in [-0.39, 0.29) is 10.2 Å². The second-order valence-electron chi connectivity index (χ2n) is 3.48. The summed E-state index contributed by atoms with van der Waals surface area (Å²) in [7, 11) is 0. The van der Waals surface area contributed by atoms with Gasteiger partial charge in [0.05, 0.1) is 4.47 Å². The minimum atomic E-state index is -0.931. The maximum Gasteiger partial charge on any atom is 0.159 e. The molecule has 0 saturated heterocycles. The second kappa shape index (κ2) is 5.24. The van der Waals surface area contributed by atoms with Crippen LogP contribution in [0.25, 0.3) is 0 Å². The first-order chi connectivity index (χ1) is 8.47. The average Bonchev–Trinajstić information content (AvgIpc) is 2.31. The van der Waals surface area contributed by atoms with Gasteiger partial charge in [-0.3, -0.25) is 0 Å². The minimum Gasteiger partial charge on any atom is -0.398 e. The van der Waals surface area contributed by atoms with Gasteiger partial charge in [-0.1, -0.05) is 11.8 Å². The van der Waals surface area contributed by atoms with Crippen molar-refractivity contribution >= 4 is 33.4 Å². The van der Waals surface area contributed by atoms with Gasteiger partial charge in [-0.15, -0.1) is 0 Å². The zero-order valence-corrected chi connectivity index (χ0v) is 11.3. The largest absolute Gasteiger partial charge is 0.398 e. The Labute approximate surface area is 114 Å². The number of rotatable bonds is 2. The van der Waals surface area contributed by atoms with E-state index in [4.69, 9.17) is 5.73 Å². The molecule has 0 aliphatic carbocycles. The summed E-state index contributed by atoms with van der Waals surface area (Å²) in [6.45, 7) is 0. The van der Waals surface area contributed by atoms with Crippen LogP contribution in [0.2, 0.25) is 0 Å². The number of nitrogens with two attached hydrogens (primary N) is 1. The van der Waals surface area contributed by atoms with Gasteiger partial charge in [-0.2, -0.15) is 0 Å². The third-order valence-electron chi connectivity index (χ3n) is 2.17. The fourth-order valence-corrected chi connectivity index (χ4v) is 2.70. The van der Waals surface area contributed by atoms with Crippen LogP contribution < -0.4 is 5.73 Å². The summed E-state index contributed by atoms with van der Waals surface area (Å²) in [5.74, 6) is -2.31. The monoisotopic (exact) mass is 333 g/mol. The van der Waals surface area contributed by atoms with Crippen molar-refractivity contribution in [2.24, 2.45) is 0 Å². The predicted molar refractivity (Wildman–Crippen MR) is 69.0 cm³/mol. The molecule has 0 atom stereocenters. The summed E-state index contributed by atoms with van der Waals surface area (Å²) in [5, 5.41) is 0. The van der Waals surface area contributed by atoms with Gasteiger partial charge >= 0.3 is 0 Å². The molecule has 0 aliphatic heterocycles. The van der Waals surface area contributed by atoms with Gasteiger partial charge in [0, 0.05) is 15.5 Å². The molecule has 0 saturated carbocycles. The highest BCUT2D eigenvalue weighted by Gasteiger charge is 2.09. The van der Waals surface area contributed by atoms with E-state index in [1.165, 1.54) is 18.2 Å². The van der Waals surface area contributed by atoms with Crippen molar-refractivity contribution in [3.8, 4) is 0 Å². The van der Waals surface area contributed by atoms with Gasteiger partial charge in [-0.05, 0) is 46.3 Å². The van der Waals surface area contributed by atoms with Gasteiger partial charge < -0.3 is 5.73 Å². The first kappa shape index (κ1) is 13.3. The Morgan fingerprint density at radius 1 is 0.944 bits per heavy atom. The van der Waals surface area contributed by atoms with Crippen molar-refractivity contribution < 1.29 is 13.2 Å². The molecule has 0 fully saturated rings. The summed E-state index contributed by atoms with van der Waals surface area (Å²) in [5.41, 5.74) is 5.90. The molecule has 0 amide bonds. The molecule has 0 spiro atoms. The van der Waals surface area contributed by atoms with E-state index in [1.807, 2.05) is 0 Å². The van der Waals surface area contributed by atoms with Gasteiger partial charge in [0.2, 0.25) is 0 Å². The Morgan fingerprint density at radius 3 is 2.33 bits per heavy atom. The Bertz CT molecular complexity index is 604. The first-order valence-electron chi connectivity index (χ1n) is 4.85. The predicted octanol–water partition coefficient (Wildman–Crippen LogP) is 4.60. The van der Waals surface area contributed by atoms with Crippen LogP contribution in [0.15, 0.2) is 44.6 Å². The lowest BCUT2D eigenvalue weighted by Crippen LogP contribution is -1.91. The van der Waals surface area contributed by atoms with E-state index in [0.29, 0.717) is 9.79 Å². The van der Waals surface area contributed by atoms with Crippen LogP contribution >= 0.6 is 27.7 Å². The lowest BCUT2D eigenvalue weighted by atomic mass is 10.3. The van der Waals surface area contributed by atoms with Gasteiger partial charge in [0.1, 0.15) is 5.82 Å². The van der Waals surface area contributed by atoms with Gasteiger partial charge in [0.15, 0.2) is 11.6 Å². The number of nitrogen functional groups attached to an aromatic ring is 1. The van der Waals surface area contributed by atoms with Crippen LogP contribution in [0.4, 0.5) is 18.9 Å². The first-order valence-corrected chi connectivity index (χ1v) is 6.46. The molecule has 18 heavy (non-hydrogen) atoms. The number of hydrogen-bond donors (Lipinski definition) is 1. The Morgan fingerprint density at radius 2 is 1.67 bits per heavy atom. The number of benzene rings is 2. The second-order valence-corrected chi connectivity index (χ2v) is 5.45. The van der Waals surface area contributed by atoms with E-state index in [2.05, 4.69) is 15.9 Å². The minimum absolute atomic E-state index is 0.241. The smallest absolute Gasteiger partial charge is 0.159 e. The average molecular weight is 334 g/mol. The lowest BCUT2D eigenvalue weighted by Gasteiger charge is -2.07. The quantitative estimate of drug-likeness (QED) is 0.813. The highest BCUT2D eigenvalue weighted by molar-refractivity contribution is 9.10. The van der Waals surface area contributed by atoms with Gasteiger partial charge in [0.25, 0.3) is 0 Å². The fourth-order valence-electron chi connectivity index (χ4n) is 1.30. The van der Waals surface area contributed by atoms with Crippen molar-refractivity contribution in [3.63, 3.8) is 0 Å². The van der Waals surface area contributed by atoms with E-state index in [1.54, 1.807) is 0 Å². The molecule has 0 heterocycles. The van der Waals surface area contributed by atoms with Crippen molar-refractivity contribution in [2.75, 3.05) is 5.73 Å². The summed E-state index contributed by atoms with van der Waals surface area (Å²) in [4.78, 5) is 1.05. The maximum absolute atomic E-state index is 13.2. The highest BCUT2D eigenvalue weighted by atomic mass is 79.9. The number of anilines is 1. The van der Waals surface area contributed by atoms with Crippen LogP contribution in [-0.2, 0) is 0 Å². The molecule has 2 aromatic rings. The van der Waals surface area contributed by atoms with Crippen LogP contribution in [0, 0.1) is 17.5 Å². The zero-order chi connectivity index (χ0) is 13.3. The Kier molecular flexibility index (Phi) is 3.87. The van der Waals surface area contributed by atoms with Crippen molar-refractivity contribution in [1.82, 2.24) is 0 Å². The topological polar surface area (TPSA) is 26.0 Å². The van der Waals surface area contributed by atoms with Crippen LogP contribution in [0.5, 0.6) is 0 Å². The zero-order valence-electron chi connectivity index (χ0n) is 8.88. The third-order valence-corrected chi connectivity index (χ3v) is 3.84. The molecule has 6 heteroatoms.